The molecule has 0 spiro atoms. The number of rotatable bonds is 7. The Morgan fingerprint density at radius 3 is 2.38 bits per heavy atom. The second-order valence-electron chi connectivity index (χ2n) is 9.95. The van der Waals surface area contributed by atoms with E-state index in [1.165, 1.54) is 18.2 Å². The number of nitrogens with zero attached hydrogens (tertiary/aromatic N) is 2. The Bertz CT molecular complexity index is 1020. The SMILES string of the molecule is O=C(c1cc(C2CC2)c(OCC2CCN(Cc3cc(F)cc(Cl)c3)CC2)cc1F)N1CCCC1. The van der Waals surface area contributed by atoms with Crippen molar-refractivity contribution < 1.29 is 18.3 Å². The molecule has 5 rings (SSSR count). The maximum Gasteiger partial charge on any atom is 0.256 e. The molecule has 2 aromatic rings. The number of carbonyl (C=O) groups excluding carboxylic acids is 1. The highest BCUT2D eigenvalue weighted by Crippen LogP contribution is 2.45. The van der Waals surface area contributed by atoms with Gasteiger partial charge in [0.25, 0.3) is 5.91 Å². The van der Waals surface area contributed by atoms with Crippen molar-refractivity contribution in [1.29, 1.82) is 0 Å². The molecule has 1 aliphatic carbocycles. The van der Waals surface area contributed by atoms with E-state index in [2.05, 4.69) is 4.90 Å². The van der Waals surface area contributed by atoms with Crippen LogP contribution in [0.4, 0.5) is 8.78 Å². The van der Waals surface area contributed by atoms with Crippen molar-refractivity contribution in [2.75, 3.05) is 32.8 Å². The van der Waals surface area contributed by atoms with Crippen molar-refractivity contribution in [2.45, 2.75) is 51.0 Å². The number of piperidine rings is 1. The van der Waals surface area contributed by atoms with E-state index in [0.717, 1.165) is 62.7 Å². The van der Waals surface area contributed by atoms with Crippen molar-refractivity contribution in [2.24, 2.45) is 5.92 Å². The van der Waals surface area contributed by atoms with Gasteiger partial charge >= 0.3 is 0 Å². The number of likely N-dealkylation sites (tertiary alicyclic amines) is 2. The third-order valence-electron chi connectivity index (χ3n) is 7.25. The molecule has 0 N–H and O–H groups in total. The first-order valence-electron chi connectivity index (χ1n) is 12.4. The van der Waals surface area contributed by atoms with Crippen molar-refractivity contribution in [3.63, 3.8) is 0 Å². The van der Waals surface area contributed by atoms with Crippen molar-refractivity contribution in [3.8, 4) is 5.75 Å². The summed E-state index contributed by atoms with van der Waals surface area (Å²) in [5.41, 5.74) is 2.04. The average molecular weight is 489 g/mol. The fourth-order valence-corrected chi connectivity index (χ4v) is 5.39. The summed E-state index contributed by atoms with van der Waals surface area (Å²) in [6.07, 6.45) is 6.02. The molecule has 7 heteroatoms. The van der Waals surface area contributed by atoms with Gasteiger partial charge in [0.05, 0.1) is 12.2 Å². The number of carbonyl (C=O) groups is 1. The number of halogens is 3. The highest BCUT2D eigenvalue weighted by Gasteiger charge is 2.31. The van der Waals surface area contributed by atoms with Gasteiger partial charge in [0.1, 0.15) is 17.4 Å². The molecule has 182 valence electrons. The fourth-order valence-electron chi connectivity index (χ4n) is 5.14. The molecule has 2 heterocycles. The lowest BCUT2D eigenvalue weighted by Gasteiger charge is -2.32. The van der Waals surface area contributed by atoms with E-state index in [9.17, 15) is 13.6 Å². The van der Waals surface area contributed by atoms with Crippen LogP contribution in [0.5, 0.6) is 5.75 Å². The number of benzene rings is 2. The lowest BCUT2D eigenvalue weighted by Crippen LogP contribution is -2.35. The first-order chi connectivity index (χ1) is 16.5. The molecule has 0 radical (unpaired) electrons. The Hall–Kier alpha value is -2.18. The zero-order valence-corrected chi connectivity index (χ0v) is 20.1. The van der Waals surface area contributed by atoms with Gasteiger partial charge in [-0.2, -0.15) is 0 Å². The maximum absolute atomic E-state index is 14.9. The minimum Gasteiger partial charge on any atom is -0.493 e. The van der Waals surface area contributed by atoms with Gasteiger partial charge < -0.3 is 9.64 Å². The molecule has 0 unspecified atom stereocenters. The van der Waals surface area contributed by atoms with Crippen molar-refractivity contribution in [3.05, 3.63) is 63.7 Å². The van der Waals surface area contributed by atoms with Gasteiger partial charge in [-0.25, -0.2) is 8.78 Å². The average Bonchev–Trinajstić information content (AvgIpc) is 3.50. The summed E-state index contributed by atoms with van der Waals surface area (Å²) in [7, 11) is 0. The van der Waals surface area contributed by atoms with Gasteiger partial charge in [0, 0.05) is 30.7 Å². The van der Waals surface area contributed by atoms with Crippen LogP contribution in [0, 0.1) is 17.6 Å². The lowest BCUT2D eigenvalue weighted by molar-refractivity contribution is 0.0788. The third-order valence-corrected chi connectivity index (χ3v) is 7.47. The van der Waals surface area contributed by atoms with E-state index in [-0.39, 0.29) is 17.3 Å². The summed E-state index contributed by atoms with van der Waals surface area (Å²) in [5.74, 6) is 0.344. The van der Waals surface area contributed by atoms with Crippen LogP contribution in [-0.4, -0.2) is 48.5 Å². The van der Waals surface area contributed by atoms with Crippen LogP contribution in [0.25, 0.3) is 0 Å². The van der Waals surface area contributed by atoms with Crippen LogP contribution in [0.15, 0.2) is 30.3 Å². The molecule has 0 bridgehead atoms. The Morgan fingerprint density at radius 1 is 0.971 bits per heavy atom. The van der Waals surface area contributed by atoms with Crippen molar-refractivity contribution in [1.82, 2.24) is 9.80 Å². The molecule has 1 saturated carbocycles. The largest absolute Gasteiger partial charge is 0.493 e. The van der Waals surface area contributed by atoms with E-state index in [1.54, 1.807) is 11.0 Å². The summed E-state index contributed by atoms with van der Waals surface area (Å²) in [6, 6.07) is 7.84. The topological polar surface area (TPSA) is 32.8 Å². The molecule has 2 saturated heterocycles. The predicted molar refractivity (Wildman–Crippen MR) is 128 cm³/mol. The second kappa shape index (κ2) is 10.2. The second-order valence-corrected chi connectivity index (χ2v) is 10.4. The smallest absolute Gasteiger partial charge is 0.256 e. The standard InChI is InChI=1S/C27H31ClF2N2O2/c28-21-11-19(12-22(29)13-21)16-31-9-5-18(6-10-31)17-34-26-15-25(30)24(14-23(26)20-3-4-20)27(33)32-7-1-2-8-32/h11-15,18,20H,1-10,16-17H2. The Labute approximate surface area is 204 Å². The Kier molecular flexibility index (Phi) is 7.07. The van der Waals surface area contributed by atoms with Gasteiger partial charge in [-0.3, -0.25) is 9.69 Å². The molecule has 0 atom stereocenters. The predicted octanol–water partition coefficient (Wildman–Crippen LogP) is 6.02. The quantitative estimate of drug-likeness (QED) is 0.477. The summed E-state index contributed by atoms with van der Waals surface area (Å²) in [5, 5.41) is 0.421. The molecular weight excluding hydrogens is 458 g/mol. The molecule has 0 aromatic heterocycles. The number of amides is 1. The van der Waals surface area contributed by atoms with Crippen LogP contribution in [0.3, 0.4) is 0 Å². The summed E-state index contributed by atoms with van der Waals surface area (Å²) >= 11 is 5.98. The van der Waals surface area contributed by atoms with E-state index < -0.39 is 5.82 Å². The Balaban J connectivity index is 1.18. The maximum atomic E-state index is 14.9. The van der Waals surface area contributed by atoms with E-state index in [4.69, 9.17) is 16.3 Å². The third kappa shape index (κ3) is 5.55. The van der Waals surface area contributed by atoms with Crippen LogP contribution in [0.1, 0.15) is 65.9 Å². The number of hydrogen-bond acceptors (Lipinski definition) is 3. The first kappa shape index (κ1) is 23.6. The zero-order valence-electron chi connectivity index (χ0n) is 19.4. The molecule has 2 aromatic carbocycles. The Morgan fingerprint density at radius 2 is 1.71 bits per heavy atom. The monoisotopic (exact) mass is 488 g/mol. The van der Waals surface area contributed by atoms with E-state index >= 15 is 0 Å². The van der Waals surface area contributed by atoms with Crippen molar-refractivity contribution >= 4 is 17.5 Å². The highest BCUT2D eigenvalue weighted by atomic mass is 35.5. The van der Waals surface area contributed by atoms with Gasteiger partial charge in [-0.05, 0) is 98.8 Å². The molecule has 3 fully saturated rings. The van der Waals surface area contributed by atoms with Gasteiger partial charge in [-0.1, -0.05) is 11.6 Å². The normalized spacial score (nSPS) is 19.6. The molecular formula is C27H31ClF2N2O2. The minimum atomic E-state index is -0.486. The molecule has 2 aliphatic heterocycles. The first-order valence-corrected chi connectivity index (χ1v) is 12.8. The van der Waals surface area contributed by atoms with Gasteiger partial charge in [0.15, 0.2) is 0 Å². The van der Waals surface area contributed by atoms with E-state index in [0.29, 0.717) is 48.8 Å². The van der Waals surface area contributed by atoms with Crippen LogP contribution in [0.2, 0.25) is 5.02 Å². The van der Waals surface area contributed by atoms with Crippen LogP contribution >= 0.6 is 11.6 Å². The van der Waals surface area contributed by atoms with Gasteiger partial charge in [-0.15, -0.1) is 0 Å². The number of ether oxygens (including phenoxy) is 1. The molecule has 34 heavy (non-hydrogen) atoms. The lowest BCUT2D eigenvalue weighted by atomic mass is 9.97. The fraction of sp³-hybridized carbons (Fsp3) is 0.519. The van der Waals surface area contributed by atoms with Crippen LogP contribution in [-0.2, 0) is 6.54 Å². The zero-order chi connectivity index (χ0) is 23.7. The summed E-state index contributed by atoms with van der Waals surface area (Å²) in [4.78, 5) is 16.8. The molecule has 4 nitrogen and oxygen atoms in total. The number of hydrogen-bond donors (Lipinski definition) is 0. The summed E-state index contributed by atoms with van der Waals surface area (Å²) < 4.78 is 34.7. The van der Waals surface area contributed by atoms with Gasteiger partial charge in [0.2, 0.25) is 0 Å². The molecule has 3 aliphatic rings. The summed E-state index contributed by atoms with van der Waals surface area (Å²) in [6.45, 7) is 4.43. The van der Waals surface area contributed by atoms with Crippen LogP contribution < -0.4 is 4.74 Å². The van der Waals surface area contributed by atoms with E-state index in [1.807, 2.05) is 6.07 Å². The molecule has 1 amide bonds. The highest BCUT2D eigenvalue weighted by molar-refractivity contribution is 6.30. The minimum absolute atomic E-state index is 0.182.